The molecular formula is C16H23ClN2O. The number of aryl methyl sites for hydroxylation is 1. The number of hydrogen-bond donors (Lipinski definition) is 0. The van der Waals surface area contributed by atoms with E-state index in [0.29, 0.717) is 11.9 Å². The fourth-order valence-corrected chi connectivity index (χ4v) is 3.54. The van der Waals surface area contributed by atoms with E-state index in [1.807, 2.05) is 0 Å². The second kappa shape index (κ2) is 6.33. The van der Waals surface area contributed by atoms with E-state index in [-0.39, 0.29) is 0 Å². The molecule has 20 heavy (non-hydrogen) atoms. The maximum atomic E-state index is 5.94. The summed E-state index contributed by atoms with van der Waals surface area (Å²) in [5.41, 5.74) is 3.87. The molecule has 2 aliphatic heterocycles. The van der Waals surface area contributed by atoms with E-state index in [1.165, 1.54) is 23.2 Å². The third-order valence-electron chi connectivity index (χ3n) is 4.56. The zero-order valence-electron chi connectivity index (χ0n) is 12.1. The minimum atomic E-state index is 0.600. The van der Waals surface area contributed by atoms with Crippen molar-refractivity contribution in [3.8, 4) is 0 Å². The lowest BCUT2D eigenvalue weighted by Crippen LogP contribution is -2.44. The molecule has 110 valence electrons. The van der Waals surface area contributed by atoms with Gasteiger partial charge in [-0.2, -0.15) is 0 Å². The molecule has 3 nitrogen and oxygen atoms in total. The predicted octanol–water partition coefficient (Wildman–Crippen LogP) is 2.64. The van der Waals surface area contributed by atoms with Crippen molar-refractivity contribution in [1.82, 2.24) is 4.90 Å². The molecule has 3 rings (SSSR count). The molecule has 0 bridgehead atoms. The van der Waals surface area contributed by atoms with Crippen molar-refractivity contribution in [2.24, 2.45) is 0 Å². The van der Waals surface area contributed by atoms with Gasteiger partial charge >= 0.3 is 0 Å². The van der Waals surface area contributed by atoms with Gasteiger partial charge in [0.2, 0.25) is 0 Å². The first-order valence-corrected chi connectivity index (χ1v) is 8.03. The Bertz CT molecular complexity index is 460. The summed E-state index contributed by atoms with van der Waals surface area (Å²) in [5, 5.41) is 0. The maximum absolute atomic E-state index is 5.94. The molecule has 1 aromatic rings. The zero-order valence-corrected chi connectivity index (χ0v) is 12.9. The highest BCUT2D eigenvalue weighted by molar-refractivity contribution is 6.17. The molecule has 2 heterocycles. The highest BCUT2D eigenvalue weighted by Crippen LogP contribution is 2.26. The molecule has 2 saturated heterocycles. The third-order valence-corrected chi connectivity index (χ3v) is 4.85. The van der Waals surface area contributed by atoms with Crippen molar-refractivity contribution in [3.63, 3.8) is 0 Å². The van der Waals surface area contributed by atoms with Crippen LogP contribution in [0.5, 0.6) is 0 Å². The van der Waals surface area contributed by atoms with Crippen molar-refractivity contribution in [2.45, 2.75) is 25.3 Å². The Morgan fingerprint density at radius 2 is 2.05 bits per heavy atom. The SMILES string of the molecule is Cc1cc(N2CCC(N3CCOCC3)C2)ccc1CCl. The zero-order chi connectivity index (χ0) is 13.9. The molecule has 0 aliphatic carbocycles. The maximum Gasteiger partial charge on any atom is 0.0594 e. The van der Waals surface area contributed by atoms with Crippen LogP contribution in [0, 0.1) is 6.92 Å². The predicted molar refractivity (Wildman–Crippen MR) is 83.7 cm³/mol. The van der Waals surface area contributed by atoms with Gasteiger partial charge in [-0.1, -0.05) is 6.07 Å². The Kier molecular flexibility index (Phi) is 4.49. The summed E-state index contributed by atoms with van der Waals surface area (Å²) in [6.45, 7) is 8.39. The van der Waals surface area contributed by atoms with E-state index in [4.69, 9.17) is 16.3 Å². The van der Waals surface area contributed by atoms with Crippen LogP contribution in [0.2, 0.25) is 0 Å². The van der Waals surface area contributed by atoms with Crippen LogP contribution in [-0.2, 0) is 10.6 Å². The average Bonchev–Trinajstić information content (AvgIpc) is 2.98. The molecule has 1 aromatic carbocycles. The smallest absolute Gasteiger partial charge is 0.0594 e. The molecule has 1 atom stereocenters. The average molecular weight is 295 g/mol. The van der Waals surface area contributed by atoms with Crippen molar-refractivity contribution >= 4 is 17.3 Å². The molecule has 0 N–H and O–H groups in total. The van der Waals surface area contributed by atoms with E-state index in [2.05, 4.69) is 34.9 Å². The second-order valence-electron chi connectivity index (χ2n) is 5.78. The van der Waals surface area contributed by atoms with Crippen LogP contribution >= 0.6 is 11.6 Å². The number of anilines is 1. The summed E-state index contributed by atoms with van der Waals surface area (Å²) in [5.74, 6) is 0.600. The number of ether oxygens (including phenoxy) is 1. The largest absolute Gasteiger partial charge is 0.379 e. The van der Waals surface area contributed by atoms with Gasteiger partial charge in [-0.25, -0.2) is 0 Å². The number of rotatable bonds is 3. The summed E-state index contributed by atoms with van der Waals surface area (Å²) in [4.78, 5) is 5.09. The van der Waals surface area contributed by atoms with E-state index < -0.39 is 0 Å². The number of benzene rings is 1. The van der Waals surface area contributed by atoms with Crippen molar-refractivity contribution < 1.29 is 4.74 Å². The minimum absolute atomic E-state index is 0.600. The van der Waals surface area contributed by atoms with Crippen molar-refractivity contribution in [2.75, 3.05) is 44.3 Å². The van der Waals surface area contributed by atoms with Crippen LogP contribution in [0.25, 0.3) is 0 Å². The second-order valence-corrected chi connectivity index (χ2v) is 6.05. The van der Waals surface area contributed by atoms with Crippen LogP contribution in [-0.4, -0.2) is 50.3 Å². The van der Waals surface area contributed by atoms with Crippen LogP contribution in [0.3, 0.4) is 0 Å². The number of morpholine rings is 1. The van der Waals surface area contributed by atoms with Gasteiger partial charge in [-0.05, 0) is 36.6 Å². The first-order chi connectivity index (χ1) is 9.78. The van der Waals surface area contributed by atoms with Gasteiger partial charge in [0, 0.05) is 43.8 Å². The number of alkyl halides is 1. The topological polar surface area (TPSA) is 15.7 Å². The van der Waals surface area contributed by atoms with Crippen molar-refractivity contribution in [1.29, 1.82) is 0 Å². The minimum Gasteiger partial charge on any atom is -0.379 e. The lowest BCUT2D eigenvalue weighted by Gasteiger charge is -2.32. The molecule has 0 saturated carbocycles. The van der Waals surface area contributed by atoms with E-state index in [9.17, 15) is 0 Å². The number of nitrogens with zero attached hydrogens (tertiary/aromatic N) is 2. The summed E-state index contributed by atoms with van der Waals surface area (Å²) >= 11 is 5.94. The Labute approximate surface area is 126 Å². The molecule has 0 radical (unpaired) electrons. The van der Waals surface area contributed by atoms with Crippen LogP contribution < -0.4 is 4.90 Å². The van der Waals surface area contributed by atoms with Gasteiger partial charge in [0.25, 0.3) is 0 Å². The molecule has 0 amide bonds. The molecule has 0 aromatic heterocycles. The molecule has 2 aliphatic rings. The first-order valence-electron chi connectivity index (χ1n) is 7.50. The molecule has 0 spiro atoms. The summed E-state index contributed by atoms with van der Waals surface area (Å²) in [6, 6.07) is 7.35. The number of hydrogen-bond acceptors (Lipinski definition) is 3. The first kappa shape index (κ1) is 14.2. The van der Waals surface area contributed by atoms with E-state index in [1.54, 1.807) is 0 Å². The Balaban J connectivity index is 1.65. The van der Waals surface area contributed by atoms with Gasteiger partial charge < -0.3 is 9.64 Å². The summed E-state index contributed by atoms with van der Waals surface area (Å²) in [7, 11) is 0. The van der Waals surface area contributed by atoms with Gasteiger partial charge in [0.1, 0.15) is 0 Å². The summed E-state index contributed by atoms with van der Waals surface area (Å²) < 4.78 is 5.44. The van der Waals surface area contributed by atoms with Gasteiger partial charge in [-0.15, -0.1) is 11.6 Å². The van der Waals surface area contributed by atoms with Crippen LogP contribution in [0.15, 0.2) is 18.2 Å². The Morgan fingerprint density at radius 1 is 1.25 bits per heavy atom. The Hall–Kier alpha value is -0.770. The van der Waals surface area contributed by atoms with Gasteiger partial charge in [0.05, 0.1) is 13.2 Å². The molecule has 1 unspecified atom stereocenters. The fraction of sp³-hybridized carbons (Fsp3) is 0.625. The van der Waals surface area contributed by atoms with E-state index >= 15 is 0 Å². The lowest BCUT2D eigenvalue weighted by atomic mass is 10.1. The molecule has 4 heteroatoms. The fourth-order valence-electron chi connectivity index (χ4n) is 3.24. The number of halogens is 1. The lowest BCUT2D eigenvalue weighted by molar-refractivity contribution is 0.0209. The highest BCUT2D eigenvalue weighted by atomic mass is 35.5. The molecular weight excluding hydrogens is 272 g/mol. The quantitative estimate of drug-likeness (QED) is 0.797. The standard InChI is InChI=1S/C16H23ClN2O/c1-13-10-15(3-2-14(13)11-17)19-5-4-16(12-19)18-6-8-20-9-7-18/h2-3,10,16H,4-9,11-12H2,1H3. The monoisotopic (exact) mass is 294 g/mol. The van der Waals surface area contributed by atoms with Crippen LogP contribution in [0.4, 0.5) is 5.69 Å². The van der Waals surface area contributed by atoms with Gasteiger partial charge in [0.15, 0.2) is 0 Å². The highest BCUT2D eigenvalue weighted by Gasteiger charge is 2.28. The Morgan fingerprint density at radius 3 is 2.75 bits per heavy atom. The molecule has 2 fully saturated rings. The van der Waals surface area contributed by atoms with E-state index in [0.717, 1.165) is 39.4 Å². The van der Waals surface area contributed by atoms with Crippen LogP contribution in [0.1, 0.15) is 17.5 Å². The van der Waals surface area contributed by atoms with Crippen molar-refractivity contribution in [3.05, 3.63) is 29.3 Å². The third kappa shape index (κ3) is 2.95. The normalized spacial score (nSPS) is 24.3. The van der Waals surface area contributed by atoms with Gasteiger partial charge in [-0.3, -0.25) is 4.90 Å². The summed E-state index contributed by atoms with van der Waals surface area (Å²) in [6.07, 6.45) is 1.26.